The molecule has 0 saturated carbocycles. The van der Waals surface area contributed by atoms with Gasteiger partial charge in [-0.3, -0.25) is 0 Å². The van der Waals surface area contributed by atoms with E-state index >= 15 is 0 Å². The standard InChI is InChI=1S/C18H20BrN/c1-13-11-15(7-8-18(13)19)16-9-10-20-12-17(16)14-5-3-2-4-6-14/h2-8,11,16-17,20H,9-10,12H2,1H3. The summed E-state index contributed by atoms with van der Waals surface area (Å²) >= 11 is 3.60. The van der Waals surface area contributed by atoms with Gasteiger partial charge >= 0.3 is 0 Å². The van der Waals surface area contributed by atoms with Crippen LogP contribution in [0.1, 0.15) is 34.9 Å². The van der Waals surface area contributed by atoms with E-state index in [1.54, 1.807) is 0 Å². The van der Waals surface area contributed by atoms with Crippen LogP contribution >= 0.6 is 15.9 Å². The van der Waals surface area contributed by atoms with E-state index in [0.717, 1.165) is 13.1 Å². The highest BCUT2D eigenvalue weighted by molar-refractivity contribution is 9.10. The molecule has 2 unspecified atom stereocenters. The molecule has 104 valence electrons. The number of hydrogen-bond donors (Lipinski definition) is 1. The molecule has 2 atom stereocenters. The van der Waals surface area contributed by atoms with E-state index in [4.69, 9.17) is 0 Å². The van der Waals surface area contributed by atoms with Crippen molar-refractivity contribution >= 4 is 15.9 Å². The Morgan fingerprint density at radius 2 is 1.80 bits per heavy atom. The second-order valence-corrected chi connectivity index (χ2v) is 6.48. The molecule has 3 rings (SSSR count). The molecule has 1 N–H and O–H groups in total. The predicted molar refractivity (Wildman–Crippen MR) is 88.3 cm³/mol. The van der Waals surface area contributed by atoms with Gasteiger partial charge in [-0.05, 0) is 48.6 Å². The van der Waals surface area contributed by atoms with Crippen LogP contribution in [0.5, 0.6) is 0 Å². The van der Waals surface area contributed by atoms with Gasteiger partial charge in [-0.25, -0.2) is 0 Å². The first-order valence-electron chi connectivity index (χ1n) is 7.27. The van der Waals surface area contributed by atoms with Crippen molar-refractivity contribution in [1.82, 2.24) is 5.32 Å². The monoisotopic (exact) mass is 329 g/mol. The number of hydrogen-bond acceptors (Lipinski definition) is 1. The molecule has 2 aromatic carbocycles. The van der Waals surface area contributed by atoms with Gasteiger partial charge in [-0.2, -0.15) is 0 Å². The molecule has 0 aliphatic carbocycles. The summed E-state index contributed by atoms with van der Waals surface area (Å²) in [7, 11) is 0. The molecule has 2 aromatic rings. The van der Waals surface area contributed by atoms with Gasteiger partial charge in [0, 0.05) is 16.9 Å². The lowest BCUT2D eigenvalue weighted by Crippen LogP contribution is -2.34. The largest absolute Gasteiger partial charge is 0.316 e. The SMILES string of the molecule is Cc1cc(C2CCNCC2c2ccccc2)ccc1Br. The Labute approximate surface area is 129 Å². The highest BCUT2D eigenvalue weighted by atomic mass is 79.9. The molecule has 1 aliphatic rings. The van der Waals surface area contributed by atoms with Crippen molar-refractivity contribution in [2.24, 2.45) is 0 Å². The molecule has 1 fully saturated rings. The van der Waals surface area contributed by atoms with Crippen molar-refractivity contribution < 1.29 is 0 Å². The molecule has 1 saturated heterocycles. The fourth-order valence-corrected chi connectivity index (χ4v) is 3.45. The third-order valence-corrected chi connectivity index (χ3v) is 5.21. The highest BCUT2D eigenvalue weighted by Crippen LogP contribution is 2.38. The van der Waals surface area contributed by atoms with E-state index < -0.39 is 0 Å². The van der Waals surface area contributed by atoms with Gasteiger partial charge in [0.15, 0.2) is 0 Å². The van der Waals surface area contributed by atoms with Crippen LogP contribution in [0.3, 0.4) is 0 Å². The van der Waals surface area contributed by atoms with Gasteiger partial charge in [0.1, 0.15) is 0 Å². The van der Waals surface area contributed by atoms with Crippen LogP contribution in [0.15, 0.2) is 53.0 Å². The third-order valence-electron chi connectivity index (χ3n) is 4.32. The molecule has 2 heteroatoms. The van der Waals surface area contributed by atoms with Gasteiger partial charge < -0.3 is 5.32 Å². The second kappa shape index (κ2) is 6.11. The fourth-order valence-electron chi connectivity index (χ4n) is 3.21. The van der Waals surface area contributed by atoms with Crippen molar-refractivity contribution in [2.45, 2.75) is 25.2 Å². The minimum absolute atomic E-state index is 0.575. The Morgan fingerprint density at radius 3 is 2.55 bits per heavy atom. The molecule has 1 aliphatic heterocycles. The molecule has 20 heavy (non-hydrogen) atoms. The van der Waals surface area contributed by atoms with Crippen LogP contribution < -0.4 is 5.32 Å². The second-order valence-electron chi connectivity index (χ2n) is 5.63. The lowest BCUT2D eigenvalue weighted by Gasteiger charge is -2.33. The van der Waals surface area contributed by atoms with Gasteiger partial charge in [0.05, 0.1) is 0 Å². The Hall–Kier alpha value is -1.12. The summed E-state index contributed by atoms with van der Waals surface area (Å²) < 4.78 is 1.20. The van der Waals surface area contributed by atoms with Gasteiger partial charge in [0.25, 0.3) is 0 Å². The normalized spacial score (nSPS) is 22.7. The maximum Gasteiger partial charge on any atom is 0.0204 e. The number of nitrogens with one attached hydrogen (secondary N) is 1. The van der Waals surface area contributed by atoms with Crippen molar-refractivity contribution in [3.8, 4) is 0 Å². The van der Waals surface area contributed by atoms with Crippen LogP contribution in [0.4, 0.5) is 0 Å². The average molecular weight is 330 g/mol. The molecular weight excluding hydrogens is 310 g/mol. The lowest BCUT2D eigenvalue weighted by atomic mass is 9.77. The van der Waals surface area contributed by atoms with Crippen LogP contribution in [0, 0.1) is 6.92 Å². The van der Waals surface area contributed by atoms with E-state index in [2.05, 4.69) is 76.7 Å². The number of piperidine rings is 1. The molecule has 0 bridgehead atoms. The third kappa shape index (κ3) is 2.82. The summed E-state index contributed by atoms with van der Waals surface area (Å²) in [4.78, 5) is 0. The summed E-state index contributed by atoms with van der Waals surface area (Å²) in [6.07, 6.45) is 1.21. The van der Waals surface area contributed by atoms with E-state index in [0.29, 0.717) is 11.8 Å². The maximum atomic E-state index is 3.60. The Bertz CT molecular complexity index is 579. The molecular formula is C18H20BrN. The highest BCUT2D eigenvalue weighted by Gasteiger charge is 2.27. The summed E-state index contributed by atoms with van der Waals surface area (Å²) in [5.74, 6) is 1.19. The predicted octanol–water partition coefficient (Wildman–Crippen LogP) is 4.62. The summed E-state index contributed by atoms with van der Waals surface area (Å²) in [5.41, 5.74) is 4.25. The Kier molecular flexibility index (Phi) is 4.23. The van der Waals surface area contributed by atoms with E-state index in [1.807, 2.05) is 0 Å². The van der Waals surface area contributed by atoms with Gasteiger partial charge in [0.2, 0.25) is 0 Å². The van der Waals surface area contributed by atoms with Crippen LogP contribution in [0.25, 0.3) is 0 Å². The first-order chi connectivity index (χ1) is 9.75. The van der Waals surface area contributed by atoms with Crippen LogP contribution in [0.2, 0.25) is 0 Å². The first kappa shape index (κ1) is 13.8. The molecule has 0 aromatic heterocycles. The first-order valence-corrected chi connectivity index (χ1v) is 8.06. The van der Waals surface area contributed by atoms with E-state index in [1.165, 1.54) is 27.6 Å². The zero-order valence-corrected chi connectivity index (χ0v) is 13.4. The molecule has 0 amide bonds. The summed E-state index contributed by atoms with van der Waals surface area (Å²) in [6.45, 7) is 4.36. The molecule has 0 radical (unpaired) electrons. The number of benzene rings is 2. The van der Waals surface area contributed by atoms with E-state index in [-0.39, 0.29) is 0 Å². The average Bonchev–Trinajstić information content (AvgIpc) is 2.51. The van der Waals surface area contributed by atoms with Gasteiger partial charge in [-0.1, -0.05) is 58.4 Å². The Balaban J connectivity index is 1.94. The number of rotatable bonds is 2. The minimum atomic E-state index is 0.575. The lowest BCUT2D eigenvalue weighted by molar-refractivity contribution is 0.404. The van der Waals surface area contributed by atoms with Crippen molar-refractivity contribution in [2.75, 3.05) is 13.1 Å². The quantitative estimate of drug-likeness (QED) is 0.847. The van der Waals surface area contributed by atoms with E-state index in [9.17, 15) is 0 Å². The number of halogens is 1. The topological polar surface area (TPSA) is 12.0 Å². The molecule has 1 heterocycles. The summed E-state index contributed by atoms with van der Waals surface area (Å²) in [5, 5.41) is 3.55. The molecule has 1 nitrogen and oxygen atoms in total. The smallest absolute Gasteiger partial charge is 0.0204 e. The summed E-state index contributed by atoms with van der Waals surface area (Å²) in [6, 6.07) is 17.7. The molecule has 0 spiro atoms. The zero-order valence-electron chi connectivity index (χ0n) is 11.8. The van der Waals surface area contributed by atoms with Crippen LogP contribution in [-0.2, 0) is 0 Å². The van der Waals surface area contributed by atoms with Crippen LogP contribution in [-0.4, -0.2) is 13.1 Å². The van der Waals surface area contributed by atoms with Gasteiger partial charge in [-0.15, -0.1) is 0 Å². The fraction of sp³-hybridized carbons (Fsp3) is 0.333. The van der Waals surface area contributed by atoms with Crippen molar-refractivity contribution in [3.05, 3.63) is 69.7 Å². The van der Waals surface area contributed by atoms with Crippen molar-refractivity contribution in [3.63, 3.8) is 0 Å². The zero-order chi connectivity index (χ0) is 13.9. The Morgan fingerprint density at radius 1 is 1.00 bits per heavy atom. The minimum Gasteiger partial charge on any atom is -0.316 e. The maximum absolute atomic E-state index is 3.60. The van der Waals surface area contributed by atoms with Crippen molar-refractivity contribution in [1.29, 1.82) is 0 Å². The number of aryl methyl sites for hydroxylation is 1.